The van der Waals surface area contributed by atoms with E-state index in [1.807, 2.05) is 0 Å². The van der Waals surface area contributed by atoms with Gasteiger partial charge in [-0.25, -0.2) is 0 Å². The minimum atomic E-state index is 0.312. The van der Waals surface area contributed by atoms with E-state index in [1.54, 1.807) is 0 Å². The molecule has 4 rings (SSSR count). The van der Waals surface area contributed by atoms with Gasteiger partial charge in [0.25, 0.3) is 0 Å². The maximum absolute atomic E-state index is 4.96. The Balaban J connectivity index is 1.78. The van der Waals surface area contributed by atoms with Crippen molar-refractivity contribution in [2.75, 3.05) is 19.6 Å². The van der Waals surface area contributed by atoms with E-state index >= 15 is 0 Å². The Bertz CT molecular complexity index is 402. The predicted molar refractivity (Wildman–Crippen MR) is 71.5 cm³/mol. The molecule has 0 aliphatic carbocycles. The molecule has 1 aromatic rings. The molecule has 1 atom stereocenters. The van der Waals surface area contributed by atoms with Gasteiger partial charge in [0.05, 0.1) is 6.04 Å². The molecule has 3 saturated heterocycles. The van der Waals surface area contributed by atoms with Crippen molar-refractivity contribution in [1.29, 1.82) is 0 Å². The molecule has 0 amide bonds. The molecular formula is C15H20N2. The molecule has 1 unspecified atom stereocenters. The Morgan fingerprint density at radius 2 is 1.88 bits per heavy atom. The van der Waals surface area contributed by atoms with Crippen molar-refractivity contribution >= 4 is 5.71 Å². The van der Waals surface area contributed by atoms with Crippen LogP contribution in [0.15, 0.2) is 35.3 Å². The molecule has 90 valence electrons. The van der Waals surface area contributed by atoms with E-state index in [1.165, 1.54) is 37.2 Å². The second-order valence-corrected chi connectivity index (χ2v) is 5.26. The summed E-state index contributed by atoms with van der Waals surface area (Å²) in [5.74, 6) is 0.770. The van der Waals surface area contributed by atoms with Gasteiger partial charge in [0.2, 0.25) is 0 Å². The first kappa shape index (κ1) is 11.0. The molecule has 0 saturated carbocycles. The zero-order chi connectivity index (χ0) is 11.7. The summed E-state index contributed by atoms with van der Waals surface area (Å²) >= 11 is 0. The predicted octanol–water partition coefficient (Wildman–Crippen LogP) is 2.91. The fourth-order valence-corrected chi connectivity index (χ4v) is 2.98. The Labute approximate surface area is 103 Å². The maximum Gasteiger partial charge on any atom is 0.0720 e. The highest BCUT2D eigenvalue weighted by molar-refractivity contribution is 5.90. The van der Waals surface area contributed by atoms with Crippen LogP contribution in [0.1, 0.15) is 31.4 Å². The van der Waals surface area contributed by atoms with Gasteiger partial charge in [-0.15, -0.1) is 0 Å². The molecule has 0 aromatic heterocycles. The molecule has 0 spiro atoms. The molecular weight excluding hydrogens is 208 g/mol. The van der Waals surface area contributed by atoms with Crippen LogP contribution in [-0.2, 0) is 0 Å². The molecule has 3 aliphatic rings. The summed E-state index contributed by atoms with van der Waals surface area (Å²) in [5, 5.41) is 0. The van der Waals surface area contributed by atoms with E-state index in [9.17, 15) is 0 Å². The molecule has 2 bridgehead atoms. The van der Waals surface area contributed by atoms with Crippen LogP contribution in [0.2, 0.25) is 0 Å². The molecule has 3 fully saturated rings. The minimum absolute atomic E-state index is 0.312. The SMILES string of the molecule is CC(/N=C1/CN2CCC1CC2)c1ccccc1. The zero-order valence-corrected chi connectivity index (χ0v) is 10.5. The Kier molecular flexibility index (Phi) is 2.98. The summed E-state index contributed by atoms with van der Waals surface area (Å²) in [6.45, 7) is 5.88. The Hall–Kier alpha value is -1.15. The van der Waals surface area contributed by atoms with E-state index in [0.29, 0.717) is 6.04 Å². The molecule has 2 heteroatoms. The molecule has 0 radical (unpaired) electrons. The first-order chi connectivity index (χ1) is 8.33. The van der Waals surface area contributed by atoms with Crippen LogP contribution < -0.4 is 0 Å². The van der Waals surface area contributed by atoms with Gasteiger partial charge in [-0.3, -0.25) is 9.89 Å². The van der Waals surface area contributed by atoms with Crippen molar-refractivity contribution in [2.24, 2.45) is 10.9 Å². The van der Waals surface area contributed by atoms with Crippen molar-refractivity contribution in [3.05, 3.63) is 35.9 Å². The fraction of sp³-hybridized carbons (Fsp3) is 0.533. The van der Waals surface area contributed by atoms with Crippen LogP contribution in [0.4, 0.5) is 0 Å². The van der Waals surface area contributed by atoms with Crippen LogP contribution in [0, 0.1) is 5.92 Å². The van der Waals surface area contributed by atoms with Gasteiger partial charge < -0.3 is 0 Å². The average Bonchev–Trinajstić information content (AvgIpc) is 2.41. The monoisotopic (exact) mass is 228 g/mol. The van der Waals surface area contributed by atoms with Gasteiger partial charge in [0.15, 0.2) is 0 Å². The van der Waals surface area contributed by atoms with Crippen LogP contribution in [0.25, 0.3) is 0 Å². The fourth-order valence-electron chi connectivity index (χ4n) is 2.98. The smallest absolute Gasteiger partial charge is 0.0720 e. The summed E-state index contributed by atoms with van der Waals surface area (Å²) in [7, 11) is 0. The first-order valence-electron chi connectivity index (χ1n) is 6.67. The molecule has 3 heterocycles. The van der Waals surface area contributed by atoms with Gasteiger partial charge in [-0.05, 0) is 38.4 Å². The largest absolute Gasteiger partial charge is 0.298 e. The Morgan fingerprint density at radius 3 is 2.47 bits per heavy atom. The van der Waals surface area contributed by atoms with Crippen molar-refractivity contribution in [3.8, 4) is 0 Å². The highest BCUT2D eigenvalue weighted by Crippen LogP contribution is 2.27. The van der Waals surface area contributed by atoms with Crippen molar-refractivity contribution in [2.45, 2.75) is 25.8 Å². The number of rotatable bonds is 2. The van der Waals surface area contributed by atoms with E-state index in [4.69, 9.17) is 4.99 Å². The van der Waals surface area contributed by atoms with Gasteiger partial charge >= 0.3 is 0 Å². The van der Waals surface area contributed by atoms with E-state index < -0.39 is 0 Å². The number of benzene rings is 1. The number of aliphatic imine (C=N–C) groups is 1. The second kappa shape index (κ2) is 4.61. The summed E-state index contributed by atoms with van der Waals surface area (Å²) in [4.78, 5) is 7.50. The lowest BCUT2D eigenvalue weighted by Crippen LogP contribution is -2.48. The molecule has 0 N–H and O–H groups in total. The number of hydrogen-bond acceptors (Lipinski definition) is 2. The van der Waals surface area contributed by atoms with Crippen molar-refractivity contribution < 1.29 is 0 Å². The van der Waals surface area contributed by atoms with E-state index in [2.05, 4.69) is 42.2 Å². The average molecular weight is 228 g/mol. The van der Waals surface area contributed by atoms with Gasteiger partial charge in [0.1, 0.15) is 0 Å². The minimum Gasteiger partial charge on any atom is -0.298 e. The highest BCUT2D eigenvalue weighted by atomic mass is 15.2. The summed E-state index contributed by atoms with van der Waals surface area (Å²) < 4.78 is 0. The Morgan fingerprint density at radius 1 is 1.18 bits per heavy atom. The van der Waals surface area contributed by atoms with Crippen LogP contribution in [0.5, 0.6) is 0 Å². The van der Waals surface area contributed by atoms with Crippen LogP contribution in [0.3, 0.4) is 0 Å². The lowest BCUT2D eigenvalue weighted by atomic mass is 9.86. The van der Waals surface area contributed by atoms with Gasteiger partial charge in [0, 0.05) is 18.2 Å². The highest BCUT2D eigenvalue weighted by Gasteiger charge is 2.30. The topological polar surface area (TPSA) is 15.6 Å². The number of nitrogens with zero attached hydrogens (tertiary/aromatic N) is 2. The standard InChI is InChI=1S/C15H20N2/c1-12(13-5-3-2-4-6-13)16-15-11-17-9-7-14(15)8-10-17/h2-6,12,14H,7-11H2,1H3/b16-15-. The second-order valence-electron chi connectivity index (χ2n) is 5.26. The van der Waals surface area contributed by atoms with E-state index in [-0.39, 0.29) is 0 Å². The van der Waals surface area contributed by atoms with Gasteiger partial charge in [-0.2, -0.15) is 0 Å². The summed E-state index contributed by atoms with van der Waals surface area (Å²) in [6.07, 6.45) is 2.64. The summed E-state index contributed by atoms with van der Waals surface area (Å²) in [5.41, 5.74) is 2.77. The third-order valence-electron chi connectivity index (χ3n) is 4.09. The molecule has 1 aromatic carbocycles. The molecule has 2 nitrogen and oxygen atoms in total. The molecule has 3 aliphatic heterocycles. The third kappa shape index (κ3) is 2.27. The van der Waals surface area contributed by atoms with Crippen molar-refractivity contribution in [3.63, 3.8) is 0 Å². The van der Waals surface area contributed by atoms with E-state index in [0.717, 1.165) is 12.5 Å². The molecule has 17 heavy (non-hydrogen) atoms. The number of piperidine rings is 3. The number of fused-ring (bicyclic) bond motifs is 3. The van der Waals surface area contributed by atoms with Crippen LogP contribution >= 0.6 is 0 Å². The lowest BCUT2D eigenvalue weighted by molar-refractivity contribution is 0.199. The van der Waals surface area contributed by atoms with Crippen LogP contribution in [-0.4, -0.2) is 30.2 Å². The third-order valence-corrected chi connectivity index (χ3v) is 4.09. The zero-order valence-electron chi connectivity index (χ0n) is 10.5. The van der Waals surface area contributed by atoms with Gasteiger partial charge in [-0.1, -0.05) is 30.3 Å². The normalized spacial score (nSPS) is 31.7. The van der Waals surface area contributed by atoms with Crippen molar-refractivity contribution in [1.82, 2.24) is 4.90 Å². The summed E-state index contributed by atoms with van der Waals surface area (Å²) in [6, 6.07) is 10.9. The number of hydrogen-bond donors (Lipinski definition) is 0. The lowest BCUT2D eigenvalue weighted by Gasteiger charge is -2.40. The quantitative estimate of drug-likeness (QED) is 0.760. The maximum atomic E-state index is 4.96. The first-order valence-corrected chi connectivity index (χ1v) is 6.67.